The molecule has 0 bridgehead atoms. The summed E-state index contributed by atoms with van der Waals surface area (Å²) in [6, 6.07) is 2.93. The zero-order chi connectivity index (χ0) is 19.0. The van der Waals surface area contributed by atoms with Gasteiger partial charge < -0.3 is 19.2 Å². The molecule has 27 heavy (non-hydrogen) atoms. The van der Waals surface area contributed by atoms with Crippen LogP contribution in [-0.4, -0.2) is 13.1 Å². The molecule has 1 heterocycles. The minimum absolute atomic E-state index is 0.0149. The Morgan fingerprint density at radius 1 is 1.19 bits per heavy atom. The summed E-state index contributed by atoms with van der Waals surface area (Å²) in [6.07, 6.45) is 6.10. The van der Waals surface area contributed by atoms with Crippen LogP contribution in [0.1, 0.15) is 40.0 Å². The molecule has 0 radical (unpaired) electrons. The van der Waals surface area contributed by atoms with Crippen molar-refractivity contribution in [2.45, 2.75) is 49.3 Å². The fourth-order valence-electron chi connectivity index (χ4n) is 3.99. The van der Waals surface area contributed by atoms with Crippen molar-refractivity contribution in [2.24, 2.45) is 4.36 Å². The maximum atomic E-state index is 14.0. The summed E-state index contributed by atoms with van der Waals surface area (Å²) in [5.41, 5.74) is 5.82. The number of halogens is 1. The fraction of sp³-hybridized carbons (Fsp3) is 0.421. The van der Waals surface area contributed by atoms with E-state index in [0.29, 0.717) is 11.4 Å². The molecular formula is C19H21FN3O2S2-. The van der Waals surface area contributed by atoms with Crippen LogP contribution >= 0.6 is 11.3 Å². The van der Waals surface area contributed by atoms with Gasteiger partial charge in [0.25, 0.3) is 0 Å². The third kappa shape index (κ3) is 3.66. The standard InChI is InChI=1S/C19H21FN3O2S2/c1-21-10-13-9-16(20)18(26-13)27(25)23-19(24)22-17-14-6-2-4-11(14)8-12-5-3-7-15(12)17/h8-9,21H,2-7,10H2,1H3,(H,22,24)/q-1. The first-order valence-electron chi connectivity index (χ1n) is 9.10. The molecule has 2 amide bonds. The van der Waals surface area contributed by atoms with Crippen LogP contribution < -0.4 is 10.6 Å². The lowest BCUT2D eigenvalue weighted by Gasteiger charge is -2.15. The van der Waals surface area contributed by atoms with Crippen LogP contribution in [0.5, 0.6) is 0 Å². The number of carbonyl (C=O) groups is 1. The summed E-state index contributed by atoms with van der Waals surface area (Å²) >= 11 is 1.07. The zero-order valence-electron chi connectivity index (χ0n) is 15.1. The molecule has 5 nitrogen and oxygen atoms in total. The minimum Gasteiger partial charge on any atom is -0.439 e. The van der Waals surface area contributed by atoms with Crippen LogP contribution in [0.15, 0.2) is 20.7 Å². The number of nitrogens with one attached hydrogen (secondary N) is 2. The molecule has 0 aliphatic heterocycles. The van der Waals surface area contributed by atoms with Crippen LogP contribution in [0.4, 0.5) is 14.9 Å². The van der Waals surface area contributed by atoms with Crippen LogP contribution in [-0.2, 0) is 47.0 Å². The second-order valence-electron chi connectivity index (χ2n) is 6.88. The quantitative estimate of drug-likeness (QED) is 0.743. The van der Waals surface area contributed by atoms with Gasteiger partial charge in [0, 0.05) is 17.1 Å². The molecule has 0 spiro atoms. The van der Waals surface area contributed by atoms with Crippen LogP contribution in [0.3, 0.4) is 0 Å². The molecule has 2 aliphatic carbocycles. The molecule has 8 heteroatoms. The first kappa shape index (κ1) is 18.6. The van der Waals surface area contributed by atoms with Gasteiger partial charge in [-0.25, -0.2) is 9.18 Å². The van der Waals surface area contributed by atoms with Gasteiger partial charge in [-0.3, -0.25) is 0 Å². The Hall–Kier alpha value is -1.77. The van der Waals surface area contributed by atoms with Crippen molar-refractivity contribution >= 4 is 33.7 Å². The van der Waals surface area contributed by atoms with Gasteiger partial charge in [-0.15, -0.1) is 10.6 Å². The molecular weight excluding hydrogens is 385 g/mol. The highest BCUT2D eigenvalue weighted by Crippen LogP contribution is 2.38. The summed E-state index contributed by atoms with van der Waals surface area (Å²) in [5.74, 6) is -0.582. The predicted molar refractivity (Wildman–Crippen MR) is 105 cm³/mol. The molecule has 1 aromatic heterocycles. The molecule has 2 N–H and O–H groups in total. The molecule has 1 aromatic carbocycles. The Bertz CT molecular complexity index is 961. The topological polar surface area (TPSA) is 70.6 Å². The predicted octanol–water partition coefficient (Wildman–Crippen LogP) is 4.32. The van der Waals surface area contributed by atoms with Crippen LogP contribution in [0.2, 0.25) is 0 Å². The molecule has 0 unspecified atom stereocenters. The number of thiophene rings is 1. The van der Waals surface area contributed by atoms with Gasteiger partial charge >= 0.3 is 6.03 Å². The number of benzene rings is 1. The lowest BCUT2D eigenvalue weighted by Crippen LogP contribution is -2.11. The van der Waals surface area contributed by atoms with E-state index in [1.165, 1.54) is 28.3 Å². The van der Waals surface area contributed by atoms with Gasteiger partial charge in [-0.1, -0.05) is 6.07 Å². The van der Waals surface area contributed by atoms with E-state index in [1.54, 1.807) is 7.05 Å². The van der Waals surface area contributed by atoms with Crippen molar-refractivity contribution in [1.82, 2.24) is 5.32 Å². The number of rotatable bonds is 4. The van der Waals surface area contributed by atoms with E-state index < -0.39 is 22.4 Å². The highest BCUT2D eigenvalue weighted by atomic mass is 32.2. The second-order valence-corrected chi connectivity index (χ2v) is 9.37. The van der Waals surface area contributed by atoms with E-state index in [1.807, 2.05) is 0 Å². The van der Waals surface area contributed by atoms with Crippen LogP contribution in [0.25, 0.3) is 0 Å². The summed E-state index contributed by atoms with van der Waals surface area (Å²) in [4.78, 5) is 13.2. The minimum atomic E-state index is -2.05. The number of urea groups is 1. The van der Waals surface area contributed by atoms with Crippen molar-refractivity contribution in [2.75, 3.05) is 12.4 Å². The van der Waals surface area contributed by atoms with Gasteiger partial charge in [0.1, 0.15) is 5.82 Å². The highest BCUT2D eigenvalue weighted by Gasteiger charge is 2.24. The maximum absolute atomic E-state index is 14.0. The van der Waals surface area contributed by atoms with Crippen molar-refractivity contribution in [1.29, 1.82) is 0 Å². The van der Waals surface area contributed by atoms with Crippen LogP contribution in [0, 0.1) is 5.82 Å². The summed E-state index contributed by atoms with van der Waals surface area (Å²) in [5, 5.41) is 5.79. The molecule has 4 rings (SSSR count). The lowest BCUT2D eigenvalue weighted by molar-refractivity contribution is 0.260. The van der Waals surface area contributed by atoms with Gasteiger partial charge in [0.2, 0.25) is 0 Å². The maximum Gasteiger partial charge on any atom is 0.322 e. The second kappa shape index (κ2) is 7.69. The van der Waals surface area contributed by atoms with Gasteiger partial charge in [0.15, 0.2) is 0 Å². The molecule has 144 valence electrons. The van der Waals surface area contributed by atoms with Gasteiger partial charge in [-0.05, 0) is 78.1 Å². The number of hydrogen-bond acceptors (Lipinski definition) is 5. The van der Waals surface area contributed by atoms with Gasteiger partial charge in [0.05, 0.1) is 0 Å². The number of fused-ring (bicyclic) bond motifs is 2. The summed E-state index contributed by atoms with van der Waals surface area (Å²) in [7, 11) is -0.297. The molecule has 0 atom stereocenters. The van der Waals surface area contributed by atoms with E-state index >= 15 is 0 Å². The Morgan fingerprint density at radius 3 is 2.48 bits per heavy atom. The monoisotopic (exact) mass is 406 g/mol. The first-order chi connectivity index (χ1) is 13.1. The number of hydrogen-bond donors (Lipinski definition) is 2. The third-order valence-corrected chi connectivity index (χ3v) is 7.51. The number of aryl methyl sites for hydroxylation is 2. The van der Waals surface area contributed by atoms with Crippen molar-refractivity contribution in [3.8, 4) is 0 Å². The largest absolute Gasteiger partial charge is 0.439 e. The average Bonchev–Trinajstić information content (AvgIpc) is 3.34. The summed E-state index contributed by atoms with van der Waals surface area (Å²) < 4.78 is 30.1. The van der Waals surface area contributed by atoms with E-state index in [4.69, 9.17) is 0 Å². The molecule has 0 fully saturated rings. The fourth-order valence-corrected chi connectivity index (χ4v) is 5.99. The smallest absolute Gasteiger partial charge is 0.322 e. The molecule has 2 aliphatic rings. The lowest BCUT2D eigenvalue weighted by atomic mass is 9.99. The molecule has 2 aromatic rings. The number of anilines is 1. The van der Waals surface area contributed by atoms with E-state index in [9.17, 15) is 13.4 Å². The Labute approximate surface area is 163 Å². The first-order valence-corrected chi connectivity index (χ1v) is 11.0. The van der Waals surface area contributed by atoms with Gasteiger partial charge in [-0.2, -0.15) is 11.3 Å². The average molecular weight is 407 g/mol. The number of carbonyl (C=O) groups excluding carboxylic acids is 1. The zero-order valence-corrected chi connectivity index (χ0v) is 16.7. The Kier molecular flexibility index (Phi) is 5.29. The van der Waals surface area contributed by atoms with Crippen molar-refractivity contribution < 1.29 is 13.4 Å². The molecule has 0 saturated carbocycles. The van der Waals surface area contributed by atoms with E-state index in [0.717, 1.165) is 55.5 Å². The number of amides is 2. The molecule has 0 saturated heterocycles. The highest BCUT2D eigenvalue weighted by molar-refractivity contribution is 7.78. The van der Waals surface area contributed by atoms with Crippen molar-refractivity contribution in [3.05, 3.63) is 45.1 Å². The third-order valence-electron chi connectivity index (χ3n) is 5.09. The van der Waals surface area contributed by atoms with Crippen molar-refractivity contribution in [3.63, 3.8) is 0 Å². The Balaban J connectivity index is 1.60. The normalized spacial score (nSPS) is 16.4. The van der Waals surface area contributed by atoms with E-state index in [2.05, 4.69) is 21.1 Å². The van der Waals surface area contributed by atoms with E-state index in [-0.39, 0.29) is 4.21 Å². The SMILES string of the molecule is CNCc1cc(F)c(/[S-](=O)=N/C(=O)Nc2c3c(cc4c2CCC4)CCC3)s1. The number of nitrogens with zero attached hydrogens (tertiary/aromatic N) is 1. The summed E-state index contributed by atoms with van der Waals surface area (Å²) in [6.45, 7) is 0.479. The Morgan fingerprint density at radius 2 is 1.85 bits per heavy atom.